The Morgan fingerprint density at radius 1 is 1.42 bits per heavy atom. The van der Waals surface area contributed by atoms with Crippen LogP contribution in [0.2, 0.25) is 0 Å². The Labute approximate surface area is 78.1 Å². The highest BCUT2D eigenvalue weighted by Crippen LogP contribution is 2.23. The lowest BCUT2D eigenvalue weighted by atomic mass is 10.2. The molecule has 0 aliphatic carbocycles. The summed E-state index contributed by atoms with van der Waals surface area (Å²) in [6.45, 7) is 0. The zero-order valence-electron chi connectivity index (χ0n) is 6.11. The first-order valence-corrected chi connectivity index (χ1v) is 4.20. The van der Waals surface area contributed by atoms with Crippen molar-refractivity contribution in [1.29, 1.82) is 0 Å². The van der Waals surface area contributed by atoms with E-state index in [1.54, 1.807) is 12.1 Å². The largest absolute Gasteiger partial charge is 0.507 e. The molecule has 0 aliphatic heterocycles. The van der Waals surface area contributed by atoms with Crippen molar-refractivity contribution in [1.82, 2.24) is 0 Å². The van der Waals surface area contributed by atoms with Gasteiger partial charge in [0.1, 0.15) is 0 Å². The summed E-state index contributed by atoms with van der Waals surface area (Å²) in [6, 6.07) is 9.04. The third kappa shape index (κ3) is 2.54. The smallest absolute Gasteiger partial charge is 0.450 e. The molecule has 0 bridgehead atoms. The van der Waals surface area contributed by atoms with Gasteiger partial charge in [0.25, 0.3) is 0 Å². The zero-order chi connectivity index (χ0) is 8.97. The number of alkyl halides is 1. The van der Waals surface area contributed by atoms with Gasteiger partial charge in [0, 0.05) is 5.56 Å². The van der Waals surface area contributed by atoms with Crippen molar-refractivity contribution >= 4 is 22.1 Å². The maximum Gasteiger partial charge on any atom is 0.507 e. The van der Waals surface area contributed by atoms with Crippen LogP contribution in [0.5, 0.6) is 0 Å². The van der Waals surface area contributed by atoms with Crippen LogP contribution in [0.1, 0.15) is 10.6 Å². The Hall–Kier alpha value is -1.03. The average molecular weight is 231 g/mol. The molecule has 4 heteroatoms. The number of ether oxygens (including phenoxy) is 1. The van der Waals surface area contributed by atoms with Gasteiger partial charge >= 0.3 is 6.16 Å². The minimum atomic E-state index is -1.29. The van der Waals surface area contributed by atoms with E-state index in [9.17, 15) is 4.79 Å². The molecule has 0 fully saturated rings. The van der Waals surface area contributed by atoms with Gasteiger partial charge in [-0.25, -0.2) is 4.79 Å². The fourth-order valence-corrected chi connectivity index (χ4v) is 1.23. The summed E-state index contributed by atoms with van der Waals surface area (Å²) in [6.07, 6.45) is -1.29. The lowest BCUT2D eigenvalue weighted by Gasteiger charge is -2.07. The predicted molar refractivity (Wildman–Crippen MR) is 47.2 cm³/mol. The van der Waals surface area contributed by atoms with E-state index >= 15 is 0 Å². The van der Waals surface area contributed by atoms with Crippen LogP contribution in [0.3, 0.4) is 0 Å². The summed E-state index contributed by atoms with van der Waals surface area (Å²) >= 11 is 3.08. The third-order valence-electron chi connectivity index (χ3n) is 1.27. The number of hydrogen-bond donors (Lipinski definition) is 1. The van der Waals surface area contributed by atoms with Crippen LogP contribution in [-0.4, -0.2) is 11.3 Å². The summed E-state index contributed by atoms with van der Waals surface area (Å²) in [5.41, 5.74) is 0.778. The molecule has 0 aromatic heterocycles. The summed E-state index contributed by atoms with van der Waals surface area (Å²) < 4.78 is 4.47. The van der Waals surface area contributed by atoms with Crippen LogP contribution >= 0.6 is 15.9 Å². The molecule has 0 saturated heterocycles. The summed E-state index contributed by atoms with van der Waals surface area (Å²) in [4.78, 5) is 10.1. The number of carboxylic acid groups (broad SMARTS) is 1. The topological polar surface area (TPSA) is 46.5 Å². The first-order valence-electron chi connectivity index (χ1n) is 3.29. The number of halogens is 1. The van der Waals surface area contributed by atoms with Crippen LogP contribution in [0.4, 0.5) is 4.79 Å². The highest BCUT2D eigenvalue weighted by atomic mass is 79.9. The first-order chi connectivity index (χ1) is 5.70. The van der Waals surface area contributed by atoms with Crippen LogP contribution in [0.25, 0.3) is 0 Å². The Morgan fingerprint density at radius 2 is 2.00 bits per heavy atom. The summed E-state index contributed by atoms with van der Waals surface area (Å²) in [5.74, 6) is 0. The average Bonchev–Trinajstić information content (AvgIpc) is 2.05. The van der Waals surface area contributed by atoms with Gasteiger partial charge in [-0.15, -0.1) is 0 Å². The minimum absolute atomic E-state index is 0.587. The molecule has 0 amide bonds. The van der Waals surface area contributed by atoms with Crippen molar-refractivity contribution in [2.45, 2.75) is 5.01 Å². The van der Waals surface area contributed by atoms with Gasteiger partial charge in [-0.1, -0.05) is 30.3 Å². The Bertz CT molecular complexity index is 260. The minimum Gasteiger partial charge on any atom is -0.450 e. The summed E-state index contributed by atoms with van der Waals surface area (Å²) in [5, 5.41) is 7.71. The van der Waals surface area contributed by atoms with Crippen molar-refractivity contribution < 1.29 is 14.6 Å². The highest BCUT2D eigenvalue weighted by Gasteiger charge is 2.10. The number of benzene rings is 1. The molecule has 3 nitrogen and oxygen atoms in total. The molecule has 1 unspecified atom stereocenters. The maximum absolute atomic E-state index is 10.1. The Kier molecular flexibility index (Phi) is 3.10. The van der Waals surface area contributed by atoms with E-state index in [1.165, 1.54) is 0 Å². The van der Waals surface area contributed by atoms with Gasteiger partial charge in [0.2, 0.25) is 0 Å². The lowest BCUT2D eigenvalue weighted by molar-refractivity contribution is 0.0841. The van der Waals surface area contributed by atoms with Gasteiger partial charge in [0.05, 0.1) is 0 Å². The molecule has 1 N–H and O–H groups in total. The second-order valence-corrected chi connectivity index (χ2v) is 2.94. The Balaban J connectivity index is 2.65. The number of hydrogen-bond acceptors (Lipinski definition) is 2. The third-order valence-corrected chi connectivity index (χ3v) is 1.98. The van der Waals surface area contributed by atoms with Gasteiger partial charge in [-0.2, -0.15) is 0 Å². The van der Waals surface area contributed by atoms with Crippen molar-refractivity contribution in [2.24, 2.45) is 0 Å². The van der Waals surface area contributed by atoms with Crippen LogP contribution < -0.4 is 0 Å². The van der Waals surface area contributed by atoms with E-state index in [0.29, 0.717) is 0 Å². The number of rotatable bonds is 2. The SMILES string of the molecule is O=C(O)OC(Br)c1ccccc1. The van der Waals surface area contributed by atoms with Crippen molar-refractivity contribution in [2.75, 3.05) is 0 Å². The van der Waals surface area contributed by atoms with Crippen LogP contribution in [0.15, 0.2) is 30.3 Å². The fourth-order valence-electron chi connectivity index (χ4n) is 0.761. The Morgan fingerprint density at radius 3 is 2.50 bits per heavy atom. The first kappa shape index (κ1) is 9.06. The standard InChI is InChI=1S/C8H7BrO3/c9-7(12-8(10)11)6-4-2-1-3-5-6/h1-5,7H,(H,10,11). The number of carbonyl (C=O) groups is 1. The van der Waals surface area contributed by atoms with E-state index in [-0.39, 0.29) is 0 Å². The van der Waals surface area contributed by atoms with E-state index in [4.69, 9.17) is 5.11 Å². The molecule has 1 rings (SSSR count). The van der Waals surface area contributed by atoms with E-state index in [1.807, 2.05) is 18.2 Å². The molecule has 0 aliphatic rings. The van der Waals surface area contributed by atoms with Gasteiger partial charge in [-0.05, 0) is 15.9 Å². The fraction of sp³-hybridized carbons (Fsp3) is 0.125. The molecule has 0 radical (unpaired) electrons. The molecule has 0 saturated carbocycles. The van der Waals surface area contributed by atoms with Crippen molar-refractivity contribution in [3.05, 3.63) is 35.9 Å². The van der Waals surface area contributed by atoms with E-state index < -0.39 is 11.2 Å². The van der Waals surface area contributed by atoms with E-state index in [0.717, 1.165) is 5.56 Å². The zero-order valence-corrected chi connectivity index (χ0v) is 7.69. The molecule has 64 valence electrons. The molecule has 1 aromatic carbocycles. The van der Waals surface area contributed by atoms with Gasteiger partial charge < -0.3 is 9.84 Å². The maximum atomic E-state index is 10.1. The van der Waals surface area contributed by atoms with Crippen molar-refractivity contribution in [3.63, 3.8) is 0 Å². The quantitative estimate of drug-likeness (QED) is 0.628. The highest BCUT2D eigenvalue weighted by molar-refractivity contribution is 9.09. The second kappa shape index (κ2) is 4.11. The molecule has 0 spiro atoms. The molecular formula is C8H7BrO3. The summed E-state index contributed by atoms with van der Waals surface area (Å²) in [7, 11) is 0. The molecule has 0 heterocycles. The second-order valence-electron chi connectivity index (χ2n) is 2.11. The van der Waals surface area contributed by atoms with Crippen LogP contribution in [-0.2, 0) is 4.74 Å². The van der Waals surface area contributed by atoms with Crippen molar-refractivity contribution in [3.8, 4) is 0 Å². The van der Waals surface area contributed by atoms with Gasteiger partial charge in [-0.3, -0.25) is 0 Å². The van der Waals surface area contributed by atoms with E-state index in [2.05, 4.69) is 20.7 Å². The van der Waals surface area contributed by atoms with Gasteiger partial charge in [0.15, 0.2) is 5.01 Å². The lowest BCUT2D eigenvalue weighted by Crippen LogP contribution is -2.02. The molecular weight excluding hydrogens is 224 g/mol. The normalized spacial score (nSPS) is 12.1. The molecule has 1 atom stereocenters. The molecule has 12 heavy (non-hydrogen) atoms. The monoisotopic (exact) mass is 230 g/mol. The van der Waals surface area contributed by atoms with Crippen LogP contribution in [0, 0.1) is 0 Å². The molecule has 1 aromatic rings. The predicted octanol–water partition coefficient (Wildman–Crippen LogP) is 2.77.